The molecule has 0 bridgehead atoms. The Labute approximate surface area is 83.8 Å². The van der Waals surface area contributed by atoms with Gasteiger partial charge in [0, 0.05) is 6.04 Å². The van der Waals surface area contributed by atoms with E-state index in [1.54, 1.807) is 12.1 Å². The molecule has 2 N–H and O–H groups in total. The van der Waals surface area contributed by atoms with Crippen LogP contribution in [0.15, 0.2) is 24.3 Å². The third-order valence-electron chi connectivity index (χ3n) is 2.24. The fraction of sp³-hybridized carbons (Fsp3) is 0.364. The van der Waals surface area contributed by atoms with Gasteiger partial charge in [0.15, 0.2) is 0 Å². The van der Waals surface area contributed by atoms with Gasteiger partial charge in [-0.25, -0.2) is 4.79 Å². The van der Waals surface area contributed by atoms with Crippen LogP contribution in [-0.4, -0.2) is 24.2 Å². The minimum absolute atomic E-state index is 0.339. The van der Waals surface area contributed by atoms with E-state index in [4.69, 9.17) is 5.11 Å². The number of aromatic carboxylic acids is 1. The van der Waals surface area contributed by atoms with Crippen LogP contribution in [0.4, 0.5) is 0 Å². The van der Waals surface area contributed by atoms with Gasteiger partial charge in [-0.1, -0.05) is 12.1 Å². The molecule has 0 unspecified atom stereocenters. The molecule has 14 heavy (non-hydrogen) atoms. The summed E-state index contributed by atoms with van der Waals surface area (Å²) in [6.07, 6.45) is 0.913. The van der Waals surface area contributed by atoms with Crippen molar-refractivity contribution in [3.05, 3.63) is 35.4 Å². The topological polar surface area (TPSA) is 49.3 Å². The Kier molecular flexibility index (Phi) is 3.65. The lowest BCUT2D eigenvalue weighted by molar-refractivity contribution is 0.0697. The predicted molar refractivity (Wildman–Crippen MR) is 55.6 cm³/mol. The number of benzene rings is 1. The van der Waals surface area contributed by atoms with Crippen molar-refractivity contribution in [2.45, 2.75) is 19.4 Å². The van der Waals surface area contributed by atoms with Crippen molar-refractivity contribution in [3.8, 4) is 0 Å². The highest BCUT2D eigenvalue weighted by molar-refractivity contribution is 5.87. The summed E-state index contributed by atoms with van der Waals surface area (Å²) >= 11 is 0. The van der Waals surface area contributed by atoms with Crippen LogP contribution in [0.1, 0.15) is 22.8 Å². The van der Waals surface area contributed by atoms with Gasteiger partial charge in [0.1, 0.15) is 0 Å². The number of rotatable bonds is 4. The summed E-state index contributed by atoms with van der Waals surface area (Å²) in [5.41, 5.74) is 1.49. The molecule has 0 aromatic heterocycles. The Morgan fingerprint density at radius 1 is 1.43 bits per heavy atom. The summed E-state index contributed by atoms with van der Waals surface area (Å²) in [6.45, 7) is 2.09. The van der Waals surface area contributed by atoms with E-state index in [2.05, 4.69) is 12.2 Å². The molecule has 0 fully saturated rings. The van der Waals surface area contributed by atoms with E-state index >= 15 is 0 Å². The quantitative estimate of drug-likeness (QED) is 0.762. The van der Waals surface area contributed by atoms with Gasteiger partial charge in [0.25, 0.3) is 0 Å². The van der Waals surface area contributed by atoms with Crippen LogP contribution >= 0.6 is 0 Å². The van der Waals surface area contributed by atoms with Gasteiger partial charge in [-0.05, 0) is 38.1 Å². The van der Waals surface area contributed by atoms with E-state index in [1.165, 1.54) is 0 Å². The maximum Gasteiger partial charge on any atom is 0.335 e. The van der Waals surface area contributed by atoms with Crippen LogP contribution in [0, 0.1) is 0 Å². The Morgan fingerprint density at radius 2 is 2.00 bits per heavy atom. The fourth-order valence-corrected chi connectivity index (χ4v) is 1.24. The molecule has 0 saturated carbocycles. The molecule has 0 aliphatic heterocycles. The van der Waals surface area contributed by atoms with Crippen LogP contribution in [0.25, 0.3) is 0 Å². The summed E-state index contributed by atoms with van der Waals surface area (Å²) in [5, 5.41) is 11.8. The molecule has 0 saturated heterocycles. The lowest BCUT2D eigenvalue weighted by Crippen LogP contribution is -2.23. The second-order valence-electron chi connectivity index (χ2n) is 3.40. The molecule has 3 heteroatoms. The lowest BCUT2D eigenvalue weighted by atomic mass is 10.1. The van der Waals surface area contributed by atoms with Crippen LogP contribution in [0.5, 0.6) is 0 Å². The summed E-state index contributed by atoms with van der Waals surface area (Å²) < 4.78 is 0. The van der Waals surface area contributed by atoms with Gasteiger partial charge < -0.3 is 10.4 Å². The molecule has 1 atom stereocenters. The summed E-state index contributed by atoms with van der Waals surface area (Å²) in [6, 6.07) is 7.40. The van der Waals surface area contributed by atoms with Gasteiger partial charge in [0.2, 0.25) is 0 Å². The number of carboxylic acid groups (broad SMARTS) is 1. The second-order valence-corrected chi connectivity index (χ2v) is 3.40. The number of likely N-dealkylation sites (N-methyl/N-ethyl adjacent to an activating group) is 1. The van der Waals surface area contributed by atoms with E-state index in [9.17, 15) is 4.79 Å². The van der Waals surface area contributed by atoms with E-state index in [0.717, 1.165) is 12.0 Å². The monoisotopic (exact) mass is 193 g/mol. The highest BCUT2D eigenvalue weighted by Crippen LogP contribution is 2.06. The Bertz CT molecular complexity index is 306. The zero-order valence-electron chi connectivity index (χ0n) is 8.45. The average Bonchev–Trinajstić information content (AvgIpc) is 2.18. The van der Waals surface area contributed by atoms with Gasteiger partial charge >= 0.3 is 5.97 Å². The van der Waals surface area contributed by atoms with Gasteiger partial charge in [-0.2, -0.15) is 0 Å². The first kappa shape index (κ1) is 10.7. The van der Waals surface area contributed by atoms with Crippen molar-refractivity contribution in [1.82, 2.24) is 5.32 Å². The van der Waals surface area contributed by atoms with Crippen molar-refractivity contribution in [1.29, 1.82) is 0 Å². The number of nitrogens with one attached hydrogen (secondary N) is 1. The Morgan fingerprint density at radius 3 is 2.43 bits per heavy atom. The average molecular weight is 193 g/mol. The van der Waals surface area contributed by atoms with E-state index in [-0.39, 0.29) is 0 Å². The molecule has 0 spiro atoms. The Balaban J connectivity index is 2.68. The molecule has 1 aromatic rings. The van der Waals surface area contributed by atoms with Crippen LogP contribution in [-0.2, 0) is 6.42 Å². The van der Waals surface area contributed by atoms with Crippen molar-refractivity contribution in [2.24, 2.45) is 0 Å². The summed E-state index contributed by atoms with van der Waals surface area (Å²) in [5.74, 6) is -0.877. The molecule has 76 valence electrons. The third kappa shape index (κ3) is 2.85. The third-order valence-corrected chi connectivity index (χ3v) is 2.24. The molecule has 0 radical (unpaired) electrons. The molecule has 0 aliphatic rings. The first-order chi connectivity index (χ1) is 6.63. The zero-order chi connectivity index (χ0) is 10.6. The molecule has 1 aromatic carbocycles. The van der Waals surface area contributed by atoms with Crippen molar-refractivity contribution in [2.75, 3.05) is 7.05 Å². The smallest absolute Gasteiger partial charge is 0.335 e. The van der Waals surface area contributed by atoms with E-state index in [1.807, 2.05) is 19.2 Å². The van der Waals surface area contributed by atoms with E-state index in [0.29, 0.717) is 11.6 Å². The predicted octanol–water partition coefficient (Wildman–Crippen LogP) is 1.54. The molecule has 0 amide bonds. The molecule has 3 nitrogen and oxygen atoms in total. The van der Waals surface area contributed by atoms with E-state index < -0.39 is 5.97 Å². The van der Waals surface area contributed by atoms with Crippen molar-refractivity contribution < 1.29 is 9.90 Å². The van der Waals surface area contributed by atoms with Crippen molar-refractivity contribution in [3.63, 3.8) is 0 Å². The maximum atomic E-state index is 10.6. The minimum Gasteiger partial charge on any atom is -0.478 e. The summed E-state index contributed by atoms with van der Waals surface area (Å²) in [4.78, 5) is 10.6. The van der Waals surface area contributed by atoms with Crippen LogP contribution < -0.4 is 5.32 Å². The highest BCUT2D eigenvalue weighted by atomic mass is 16.4. The first-order valence-electron chi connectivity index (χ1n) is 4.63. The molecule has 0 aliphatic carbocycles. The lowest BCUT2D eigenvalue weighted by Gasteiger charge is -2.09. The van der Waals surface area contributed by atoms with Crippen LogP contribution in [0.2, 0.25) is 0 Å². The number of carbonyl (C=O) groups is 1. The molecular formula is C11H15NO2. The standard InChI is InChI=1S/C11H15NO2/c1-8(12-2)7-9-3-5-10(6-4-9)11(13)14/h3-6,8,12H,7H2,1-2H3,(H,13,14)/t8-/m0/s1. The van der Waals surface area contributed by atoms with Gasteiger partial charge in [-0.15, -0.1) is 0 Å². The van der Waals surface area contributed by atoms with Gasteiger partial charge in [0.05, 0.1) is 5.56 Å². The highest BCUT2D eigenvalue weighted by Gasteiger charge is 2.03. The number of carboxylic acids is 1. The largest absolute Gasteiger partial charge is 0.478 e. The minimum atomic E-state index is -0.877. The molecule has 0 heterocycles. The summed E-state index contributed by atoms with van der Waals surface area (Å²) in [7, 11) is 1.91. The first-order valence-corrected chi connectivity index (χ1v) is 4.63. The molecule has 1 rings (SSSR count). The Hall–Kier alpha value is -1.35. The molecular weight excluding hydrogens is 178 g/mol. The normalized spacial score (nSPS) is 12.4. The fourth-order valence-electron chi connectivity index (χ4n) is 1.24. The van der Waals surface area contributed by atoms with Crippen LogP contribution in [0.3, 0.4) is 0 Å². The maximum absolute atomic E-state index is 10.6. The van der Waals surface area contributed by atoms with Gasteiger partial charge in [-0.3, -0.25) is 0 Å². The number of hydrogen-bond donors (Lipinski definition) is 2. The van der Waals surface area contributed by atoms with Crippen molar-refractivity contribution >= 4 is 5.97 Å². The second kappa shape index (κ2) is 4.77. The SMILES string of the molecule is CN[C@@H](C)Cc1ccc(C(=O)O)cc1. The number of hydrogen-bond acceptors (Lipinski definition) is 2. The zero-order valence-corrected chi connectivity index (χ0v) is 8.45.